The maximum absolute atomic E-state index is 12.7. The van der Waals surface area contributed by atoms with Crippen molar-refractivity contribution in [2.75, 3.05) is 11.6 Å². The maximum Gasteiger partial charge on any atom is 0.280 e. The largest absolute Gasteiger partial charge is 0.498 e. The lowest BCUT2D eigenvalue weighted by Gasteiger charge is -2.10. The van der Waals surface area contributed by atoms with Crippen LogP contribution in [0.5, 0.6) is 5.06 Å². The number of hydrogen-bond donors (Lipinski definition) is 2. The topological polar surface area (TPSA) is 118 Å². The highest BCUT2D eigenvalue weighted by Crippen LogP contribution is 2.24. The first-order chi connectivity index (χ1) is 12.8. The highest BCUT2D eigenvalue weighted by atomic mass is 32.2. The van der Waals surface area contributed by atoms with Crippen LogP contribution in [0, 0.1) is 0 Å². The van der Waals surface area contributed by atoms with Gasteiger partial charge in [0.2, 0.25) is 0 Å². The van der Waals surface area contributed by atoms with Gasteiger partial charge in [-0.15, -0.1) is 0 Å². The molecule has 0 saturated heterocycles. The third kappa shape index (κ3) is 5.04. The van der Waals surface area contributed by atoms with E-state index in [0.29, 0.717) is 5.56 Å². The maximum atomic E-state index is 12.7. The molecule has 0 aliphatic heterocycles. The van der Waals surface area contributed by atoms with Gasteiger partial charge in [0.15, 0.2) is 25.7 Å². The summed E-state index contributed by atoms with van der Waals surface area (Å²) in [7, 11) is -3.34. The molecule has 1 aliphatic carbocycles. The van der Waals surface area contributed by atoms with Crippen molar-refractivity contribution in [1.82, 2.24) is 4.98 Å². The molecule has 1 aliphatic rings. The predicted octanol–water partition coefficient (Wildman–Crippen LogP) is 2.55. The van der Waals surface area contributed by atoms with Crippen LogP contribution < -0.4 is 5.32 Å². The van der Waals surface area contributed by atoms with E-state index < -0.39 is 15.7 Å². The fourth-order valence-corrected chi connectivity index (χ4v) is 3.87. The summed E-state index contributed by atoms with van der Waals surface area (Å²) < 4.78 is 23.3. The van der Waals surface area contributed by atoms with Gasteiger partial charge in [-0.3, -0.25) is 10.1 Å². The lowest BCUT2D eigenvalue weighted by molar-refractivity contribution is -0.110. The van der Waals surface area contributed by atoms with Crippen molar-refractivity contribution in [1.29, 1.82) is 0 Å². The van der Waals surface area contributed by atoms with Gasteiger partial charge in [0.25, 0.3) is 5.91 Å². The van der Waals surface area contributed by atoms with Gasteiger partial charge in [-0.05, 0) is 37.8 Å². The van der Waals surface area contributed by atoms with Gasteiger partial charge in [-0.25, -0.2) is 13.4 Å². The molecule has 0 bridgehead atoms. The molecule has 3 rings (SSSR count). The number of oxime groups is 1. The van der Waals surface area contributed by atoms with Crippen molar-refractivity contribution >= 4 is 37.9 Å². The quantitative estimate of drug-likeness (QED) is 0.559. The standard InChI is InChI=1S/C17H19N3O5S2/c1-27(23,24)13-8-6-11(7-9-13)15(20-25-12-4-2-3-5-12)16(22)19-17-18-10-14(21)26-17/h6-10,12,21H,2-5H2,1H3,(H,18,19,22)/b20-15+. The molecule has 1 amide bonds. The first-order valence-corrected chi connectivity index (χ1v) is 11.0. The van der Waals surface area contributed by atoms with E-state index >= 15 is 0 Å². The first-order valence-electron chi connectivity index (χ1n) is 8.33. The number of nitrogens with one attached hydrogen (secondary N) is 1. The van der Waals surface area contributed by atoms with Crippen molar-refractivity contribution < 1.29 is 23.2 Å². The second-order valence-electron chi connectivity index (χ2n) is 6.21. The molecule has 0 radical (unpaired) electrons. The Morgan fingerprint density at radius 3 is 2.52 bits per heavy atom. The van der Waals surface area contributed by atoms with Gasteiger partial charge in [0, 0.05) is 11.8 Å². The van der Waals surface area contributed by atoms with Gasteiger partial charge in [0.05, 0.1) is 11.1 Å². The van der Waals surface area contributed by atoms with Crippen LogP contribution in [0.15, 0.2) is 40.5 Å². The Hall–Kier alpha value is -2.46. The van der Waals surface area contributed by atoms with Crippen LogP contribution in [-0.2, 0) is 19.5 Å². The van der Waals surface area contributed by atoms with Gasteiger partial charge >= 0.3 is 0 Å². The highest BCUT2D eigenvalue weighted by molar-refractivity contribution is 7.90. The van der Waals surface area contributed by atoms with E-state index in [1.165, 1.54) is 30.5 Å². The number of carbonyl (C=O) groups is 1. The van der Waals surface area contributed by atoms with Crippen molar-refractivity contribution in [2.24, 2.45) is 5.16 Å². The number of sulfone groups is 1. The Morgan fingerprint density at radius 2 is 1.96 bits per heavy atom. The summed E-state index contributed by atoms with van der Waals surface area (Å²) in [6, 6.07) is 5.84. The third-order valence-electron chi connectivity index (χ3n) is 4.08. The lowest BCUT2D eigenvalue weighted by Crippen LogP contribution is -2.25. The molecular formula is C17H19N3O5S2. The molecule has 0 spiro atoms. The molecule has 1 aromatic heterocycles. The molecule has 1 saturated carbocycles. The van der Waals surface area contributed by atoms with E-state index in [0.717, 1.165) is 43.3 Å². The van der Waals surface area contributed by atoms with E-state index in [9.17, 15) is 18.3 Å². The Labute approximate surface area is 160 Å². The molecule has 0 atom stereocenters. The molecule has 1 heterocycles. The van der Waals surface area contributed by atoms with Crippen LogP contribution >= 0.6 is 11.3 Å². The van der Waals surface area contributed by atoms with Crippen LogP contribution in [0.2, 0.25) is 0 Å². The van der Waals surface area contributed by atoms with Crippen LogP contribution in [0.4, 0.5) is 5.13 Å². The number of anilines is 1. The van der Waals surface area contributed by atoms with Crippen molar-refractivity contribution in [3.63, 3.8) is 0 Å². The number of amides is 1. The number of nitrogens with zero attached hydrogens (tertiary/aromatic N) is 2. The number of thiazole rings is 1. The summed E-state index contributed by atoms with van der Waals surface area (Å²) in [6.07, 6.45) is 6.19. The van der Waals surface area contributed by atoms with E-state index in [4.69, 9.17) is 4.84 Å². The number of hydrogen-bond acceptors (Lipinski definition) is 8. The molecule has 8 nitrogen and oxygen atoms in total. The number of rotatable bonds is 6. The molecule has 144 valence electrons. The molecule has 10 heteroatoms. The van der Waals surface area contributed by atoms with E-state index in [1.54, 1.807) is 0 Å². The zero-order valence-corrected chi connectivity index (χ0v) is 16.2. The zero-order chi connectivity index (χ0) is 19.4. The summed E-state index contributed by atoms with van der Waals surface area (Å²) in [6.45, 7) is 0. The highest BCUT2D eigenvalue weighted by Gasteiger charge is 2.21. The van der Waals surface area contributed by atoms with E-state index in [-0.39, 0.29) is 26.9 Å². The van der Waals surface area contributed by atoms with E-state index in [1.807, 2.05) is 0 Å². The van der Waals surface area contributed by atoms with E-state index in [2.05, 4.69) is 15.5 Å². The van der Waals surface area contributed by atoms with Gasteiger partial charge < -0.3 is 9.94 Å². The van der Waals surface area contributed by atoms with Gasteiger partial charge in [-0.2, -0.15) is 0 Å². The molecule has 2 aromatic rings. The SMILES string of the molecule is CS(=O)(=O)c1ccc(/C(=N\OC2CCCC2)C(=O)Nc2ncc(O)s2)cc1. The summed E-state index contributed by atoms with van der Waals surface area (Å²) in [4.78, 5) is 22.2. The monoisotopic (exact) mass is 409 g/mol. The van der Waals surface area contributed by atoms with Crippen LogP contribution in [-0.4, -0.2) is 42.5 Å². The second-order valence-corrected chi connectivity index (χ2v) is 9.23. The summed E-state index contributed by atoms with van der Waals surface area (Å²) in [5.41, 5.74) is 0.426. The molecule has 1 aromatic carbocycles. The summed E-state index contributed by atoms with van der Waals surface area (Å²) >= 11 is 0.915. The number of benzene rings is 1. The van der Waals surface area contributed by atoms with Gasteiger partial charge in [0.1, 0.15) is 6.10 Å². The third-order valence-corrected chi connectivity index (χ3v) is 5.92. The Balaban J connectivity index is 1.86. The minimum Gasteiger partial charge on any atom is -0.498 e. The second kappa shape index (κ2) is 8.05. The molecule has 27 heavy (non-hydrogen) atoms. The minimum absolute atomic E-state index is 0.0108. The average molecular weight is 409 g/mol. The van der Waals surface area contributed by atoms with Crippen molar-refractivity contribution in [3.05, 3.63) is 36.0 Å². The summed E-state index contributed by atoms with van der Waals surface area (Å²) in [5, 5.41) is 16.2. The fourth-order valence-electron chi connectivity index (χ4n) is 2.69. The van der Waals surface area contributed by atoms with Gasteiger partial charge in [-0.1, -0.05) is 28.6 Å². The van der Waals surface area contributed by atoms with Crippen LogP contribution in [0.25, 0.3) is 0 Å². The van der Waals surface area contributed by atoms with Crippen molar-refractivity contribution in [2.45, 2.75) is 36.7 Å². The minimum atomic E-state index is -3.34. The Morgan fingerprint density at radius 1 is 1.30 bits per heavy atom. The molecule has 1 fully saturated rings. The Kier molecular flexibility index (Phi) is 5.76. The molecule has 0 unspecified atom stereocenters. The smallest absolute Gasteiger partial charge is 0.280 e. The Bertz CT molecular complexity index is 945. The molecular weight excluding hydrogens is 390 g/mol. The van der Waals surface area contributed by atoms with Crippen LogP contribution in [0.3, 0.4) is 0 Å². The normalized spacial score (nSPS) is 15.7. The van der Waals surface area contributed by atoms with Crippen molar-refractivity contribution in [3.8, 4) is 5.06 Å². The number of aromatic nitrogens is 1. The first kappa shape index (κ1) is 19.3. The average Bonchev–Trinajstić information content (AvgIpc) is 3.26. The van der Waals surface area contributed by atoms with Crippen LogP contribution in [0.1, 0.15) is 31.2 Å². The summed E-state index contributed by atoms with van der Waals surface area (Å²) in [5.74, 6) is -0.561. The zero-order valence-electron chi connectivity index (χ0n) is 14.6. The lowest BCUT2D eigenvalue weighted by atomic mass is 10.1. The predicted molar refractivity (Wildman–Crippen MR) is 102 cm³/mol. The number of carbonyl (C=O) groups excluding carboxylic acids is 1. The fraction of sp³-hybridized carbons (Fsp3) is 0.353. The molecule has 2 N–H and O–H groups in total. The number of aromatic hydroxyl groups is 1.